The minimum atomic E-state index is -0.329. The van der Waals surface area contributed by atoms with Crippen molar-refractivity contribution < 1.29 is 19.1 Å². The van der Waals surface area contributed by atoms with Crippen molar-refractivity contribution in [3.63, 3.8) is 0 Å². The molecule has 1 aliphatic carbocycles. The van der Waals surface area contributed by atoms with Crippen LogP contribution >= 0.6 is 11.8 Å². The summed E-state index contributed by atoms with van der Waals surface area (Å²) < 4.78 is 5.63. The van der Waals surface area contributed by atoms with Gasteiger partial charge in [0.05, 0.1) is 22.5 Å². The molecule has 2 aromatic heterocycles. The van der Waals surface area contributed by atoms with E-state index in [1.54, 1.807) is 35.5 Å². The van der Waals surface area contributed by atoms with E-state index in [0.29, 0.717) is 35.1 Å². The number of hydrogen-bond acceptors (Lipinski definition) is 9. The molecule has 39 heavy (non-hydrogen) atoms. The first kappa shape index (κ1) is 25.3. The SMILES string of the molecule is C=CC(=O)N[C@H]1CCC[C@H]1NC(=O)C1=C2NC(=O)N(c3ccc(Oc4ncccn4)cn3)C3CCNC(S1)C23. The Bertz CT molecular complexity index is 1320. The quantitative estimate of drug-likeness (QED) is 0.380. The summed E-state index contributed by atoms with van der Waals surface area (Å²) in [6, 6.07) is 4.54. The van der Waals surface area contributed by atoms with Gasteiger partial charge in [-0.2, -0.15) is 0 Å². The van der Waals surface area contributed by atoms with Crippen LogP contribution in [-0.4, -0.2) is 62.8 Å². The fourth-order valence-electron chi connectivity index (χ4n) is 5.69. The molecule has 1 saturated carbocycles. The van der Waals surface area contributed by atoms with Gasteiger partial charge in [-0.25, -0.2) is 19.7 Å². The smallest absolute Gasteiger partial charge is 0.327 e. The van der Waals surface area contributed by atoms with E-state index in [9.17, 15) is 14.4 Å². The molecule has 4 N–H and O–H groups in total. The Kier molecular flexibility index (Phi) is 6.92. The number of carbonyl (C=O) groups excluding carboxylic acids is 3. The Balaban J connectivity index is 1.20. The number of carbonyl (C=O) groups is 3. The third kappa shape index (κ3) is 4.94. The molecular formula is C26H28N8O4S. The van der Waals surface area contributed by atoms with E-state index < -0.39 is 0 Å². The number of rotatable bonds is 7. The van der Waals surface area contributed by atoms with Gasteiger partial charge in [0, 0.05) is 36.1 Å². The number of urea groups is 1. The van der Waals surface area contributed by atoms with Crippen molar-refractivity contribution in [2.24, 2.45) is 5.92 Å². The van der Waals surface area contributed by atoms with Crippen molar-refractivity contribution in [3.8, 4) is 11.8 Å². The standard InChI is InChI=1S/C26H28N8O4S/c1-2-19(35)31-15-5-3-6-16(15)32-23(36)22-21-20-17(9-12-27-24(20)39-22)34(26(37)33-21)18-8-7-14(13-30-18)38-25-28-10-4-11-29-25/h2,4,7-8,10-11,13,15-17,20,24,27H,1,3,5-6,9,12H2,(H,31,35)(H,32,36)(H,33,37)/t15-,16+,17?,20?,24?/m0/s1. The summed E-state index contributed by atoms with van der Waals surface area (Å²) in [6.07, 6.45) is 9.13. The molecule has 202 valence electrons. The normalized spacial score (nSPS) is 27.4. The fourth-order valence-corrected chi connectivity index (χ4v) is 7.09. The molecule has 0 bridgehead atoms. The molecule has 6 rings (SSSR count). The molecule has 4 aliphatic rings. The summed E-state index contributed by atoms with van der Waals surface area (Å²) in [5.41, 5.74) is 0.645. The van der Waals surface area contributed by atoms with Crippen LogP contribution in [0.4, 0.5) is 10.6 Å². The molecule has 4 amide bonds. The minimum absolute atomic E-state index is 0.0553. The van der Waals surface area contributed by atoms with Gasteiger partial charge in [-0.1, -0.05) is 18.3 Å². The van der Waals surface area contributed by atoms with Gasteiger partial charge >= 0.3 is 12.0 Å². The van der Waals surface area contributed by atoms with Gasteiger partial charge in [-0.3, -0.25) is 14.5 Å². The van der Waals surface area contributed by atoms with Crippen LogP contribution < -0.4 is 30.9 Å². The van der Waals surface area contributed by atoms with Crippen molar-refractivity contribution in [1.29, 1.82) is 0 Å². The van der Waals surface area contributed by atoms with Gasteiger partial charge in [-0.15, -0.1) is 0 Å². The first-order valence-electron chi connectivity index (χ1n) is 12.9. The third-order valence-electron chi connectivity index (χ3n) is 7.41. The van der Waals surface area contributed by atoms with Crippen LogP contribution in [0.5, 0.6) is 11.8 Å². The van der Waals surface area contributed by atoms with E-state index >= 15 is 0 Å². The molecule has 0 aromatic carbocycles. The molecule has 2 aromatic rings. The van der Waals surface area contributed by atoms with Crippen LogP contribution in [0, 0.1) is 5.92 Å². The highest BCUT2D eigenvalue weighted by molar-refractivity contribution is 8.04. The predicted molar refractivity (Wildman–Crippen MR) is 144 cm³/mol. The van der Waals surface area contributed by atoms with Crippen molar-refractivity contribution in [2.45, 2.75) is 49.2 Å². The summed E-state index contributed by atoms with van der Waals surface area (Å²) in [7, 11) is 0. The van der Waals surface area contributed by atoms with Gasteiger partial charge in [0.1, 0.15) is 11.6 Å². The van der Waals surface area contributed by atoms with E-state index in [4.69, 9.17) is 4.74 Å². The van der Waals surface area contributed by atoms with Crippen molar-refractivity contribution in [2.75, 3.05) is 11.4 Å². The maximum absolute atomic E-state index is 13.4. The number of nitrogens with zero attached hydrogens (tertiary/aromatic N) is 4. The second kappa shape index (κ2) is 10.7. The van der Waals surface area contributed by atoms with Gasteiger partial charge in [0.15, 0.2) is 0 Å². The van der Waals surface area contributed by atoms with Crippen molar-refractivity contribution in [1.82, 2.24) is 36.2 Å². The number of hydrogen-bond donors (Lipinski definition) is 4. The number of amides is 4. The highest BCUT2D eigenvalue weighted by atomic mass is 32.2. The van der Waals surface area contributed by atoms with E-state index in [0.717, 1.165) is 19.3 Å². The lowest BCUT2D eigenvalue weighted by atomic mass is 9.86. The highest BCUT2D eigenvalue weighted by Crippen LogP contribution is 2.47. The average Bonchev–Trinajstić information content (AvgIpc) is 3.54. The molecule has 5 heterocycles. The zero-order chi connectivity index (χ0) is 26.9. The number of thioether (sulfide) groups is 1. The summed E-state index contributed by atoms with van der Waals surface area (Å²) in [4.78, 5) is 53.4. The molecule has 2 saturated heterocycles. The number of anilines is 1. The fraction of sp³-hybridized carbons (Fsp3) is 0.385. The number of nitrogens with one attached hydrogen (secondary N) is 4. The number of pyridine rings is 1. The zero-order valence-corrected chi connectivity index (χ0v) is 21.8. The van der Waals surface area contributed by atoms with E-state index in [1.165, 1.54) is 24.0 Å². The van der Waals surface area contributed by atoms with Gasteiger partial charge < -0.3 is 26.0 Å². The van der Waals surface area contributed by atoms with E-state index in [1.807, 2.05) is 0 Å². The molecule has 12 nitrogen and oxygen atoms in total. The Morgan fingerprint density at radius 3 is 2.67 bits per heavy atom. The van der Waals surface area contributed by atoms with Gasteiger partial charge in [0.2, 0.25) is 5.91 Å². The maximum Gasteiger partial charge on any atom is 0.327 e. The predicted octanol–water partition coefficient (Wildman–Crippen LogP) is 1.80. The summed E-state index contributed by atoms with van der Waals surface area (Å²) in [5.74, 6) is 0.366. The number of aromatic nitrogens is 3. The minimum Gasteiger partial charge on any atom is -0.423 e. The Hall–Kier alpha value is -3.97. The second-order valence-electron chi connectivity index (χ2n) is 9.73. The first-order valence-corrected chi connectivity index (χ1v) is 13.8. The third-order valence-corrected chi connectivity index (χ3v) is 8.77. The molecule has 5 atom stereocenters. The van der Waals surface area contributed by atoms with E-state index in [2.05, 4.69) is 42.8 Å². The highest BCUT2D eigenvalue weighted by Gasteiger charge is 2.52. The lowest BCUT2D eigenvalue weighted by Crippen LogP contribution is -2.62. The Morgan fingerprint density at radius 2 is 1.92 bits per heavy atom. The van der Waals surface area contributed by atoms with E-state index in [-0.39, 0.29) is 53.3 Å². The Morgan fingerprint density at radius 1 is 1.13 bits per heavy atom. The molecule has 3 aliphatic heterocycles. The maximum atomic E-state index is 13.4. The first-order chi connectivity index (χ1) is 19.0. The largest absolute Gasteiger partial charge is 0.423 e. The molecule has 3 fully saturated rings. The van der Waals surface area contributed by atoms with Crippen LogP contribution in [-0.2, 0) is 9.59 Å². The van der Waals surface area contributed by atoms with Crippen LogP contribution in [0.3, 0.4) is 0 Å². The van der Waals surface area contributed by atoms with Crippen LogP contribution in [0.15, 0.2) is 60.0 Å². The lowest BCUT2D eigenvalue weighted by Gasteiger charge is -2.45. The van der Waals surface area contributed by atoms with Crippen LogP contribution in [0.25, 0.3) is 0 Å². The molecule has 0 radical (unpaired) electrons. The van der Waals surface area contributed by atoms with Gasteiger partial charge in [-0.05, 0) is 56.5 Å². The van der Waals surface area contributed by atoms with Crippen LogP contribution in [0.1, 0.15) is 25.7 Å². The number of ether oxygens (including phenoxy) is 1. The molecule has 3 unspecified atom stereocenters. The summed E-state index contributed by atoms with van der Waals surface area (Å²) >= 11 is 1.44. The lowest BCUT2D eigenvalue weighted by molar-refractivity contribution is -0.119. The molecule has 0 spiro atoms. The molecular weight excluding hydrogens is 520 g/mol. The molecule has 13 heteroatoms. The van der Waals surface area contributed by atoms with Crippen molar-refractivity contribution in [3.05, 3.63) is 60.0 Å². The second-order valence-corrected chi connectivity index (χ2v) is 10.9. The zero-order valence-electron chi connectivity index (χ0n) is 21.0. The Labute approximate surface area is 229 Å². The average molecular weight is 549 g/mol. The van der Waals surface area contributed by atoms with Gasteiger partial charge in [0.25, 0.3) is 5.91 Å². The summed E-state index contributed by atoms with van der Waals surface area (Å²) in [6.45, 7) is 4.21. The van der Waals surface area contributed by atoms with Crippen LogP contribution in [0.2, 0.25) is 0 Å². The van der Waals surface area contributed by atoms with Crippen molar-refractivity contribution >= 4 is 35.4 Å². The number of piperidine rings is 1. The topological polar surface area (TPSA) is 150 Å². The monoisotopic (exact) mass is 548 g/mol. The summed E-state index contributed by atoms with van der Waals surface area (Å²) in [5, 5.41) is 12.4.